The molecule has 0 spiro atoms. The van der Waals surface area contributed by atoms with E-state index >= 15 is 0 Å². The molecule has 1 aromatic heterocycles. The van der Waals surface area contributed by atoms with Crippen LogP contribution >= 0.6 is 23.8 Å². The Kier molecular flexibility index (Phi) is 5.65. The van der Waals surface area contributed by atoms with E-state index in [1.807, 2.05) is 36.4 Å². The van der Waals surface area contributed by atoms with Crippen molar-refractivity contribution in [1.82, 2.24) is 9.47 Å². The van der Waals surface area contributed by atoms with Gasteiger partial charge in [-0.1, -0.05) is 17.7 Å². The van der Waals surface area contributed by atoms with Crippen LogP contribution in [0.5, 0.6) is 11.5 Å². The van der Waals surface area contributed by atoms with Crippen molar-refractivity contribution in [2.75, 3.05) is 26.1 Å². The lowest BCUT2D eigenvalue weighted by atomic mass is 9.99. The number of aromatic nitrogens is 1. The van der Waals surface area contributed by atoms with Gasteiger partial charge in [0.05, 0.1) is 20.3 Å². The number of nitrogens with zero attached hydrogens (tertiary/aromatic N) is 2. The van der Waals surface area contributed by atoms with Gasteiger partial charge in [0.1, 0.15) is 0 Å². The monoisotopic (exact) mass is 427 g/mol. The minimum atomic E-state index is -0.0362. The number of hydrogen-bond donors (Lipinski definition) is 1. The summed E-state index contributed by atoms with van der Waals surface area (Å²) in [6.45, 7) is 1.66. The maximum atomic E-state index is 6.00. The molecule has 7 heteroatoms. The summed E-state index contributed by atoms with van der Waals surface area (Å²) < 4.78 is 13.2. The summed E-state index contributed by atoms with van der Waals surface area (Å²) >= 11 is 11.8. The summed E-state index contributed by atoms with van der Waals surface area (Å²) in [5, 5.41) is 4.71. The van der Waals surface area contributed by atoms with Crippen molar-refractivity contribution >= 4 is 34.6 Å². The van der Waals surface area contributed by atoms with Gasteiger partial charge >= 0.3 is 0 Å². The third-order valence-electron chi connectivity index (χ3n) is 5.12. The minimum absolute atomic E-state index is 0.0362. The van der Waals surface area contributed by atoms with Gasteiger partial charge in [0.25, 0.3) is 0 Å². The highest BCUT2D eigenvalue weighted by Gasteiger charge is 2.31. The Morgan fingerprint density at radius 1 is 1.03 bits per heavy atom. The van der Waals surface area contributed by atoms with Crippen molar-refractivity contribution in [3.05, 3.63) is 77.1 Å². The molecule has 2 aromatic carbocycles. The van der Waals surface area contributed by atoms with Crippen molar-refractivity contribution in [3.8, 4) is 11.5 Å². The number of ether oxygens (including phenoxy) is 2. The van der Waals surface area contributed by atoms with Crippen LogP contribution in [0.2, 0.25) is 5.02 Å². The number of thiocarbonyl (C=S) groups is 1. The first kappa shape index (κ1) is 19.6. The zero-order chi connectivity index (χ0) is 20.4. The molecule has 0 bridgehead atoms. The molecule has 150 valence electrons. The second-order valence-corrected chi connectivity index (χ2v) is 7.60. The molecule has 0 aliphatic carbocycles. The standard InChI is InChI=1S/C22H22ClN3O2S/c1-27-19-10-5-15(14-20(19)28-2)21-18-4-3-11-25(18)12-13-26(21)22(29)24-17-8-6-16(23)7-9-17/h3-11,14,21H,12-13H2,1-2H3,(H,24,29). The first-order chi connectivity index (χ1) is 14.1. The van der Waals surface area contributed by atoms with Crippen LogP contribution in [0, 0.1) is 0 Å². The van der Waals surface area contributed by atoms with Gasteiger partial charge < -0.3 is 24.3 Å². The molecule has 0 amide bonds. The van der Waals surface area contributed by atoms with E-state index in [9.17, 15) is 0 Å². The van der Waals surface area contributed by atoms with E-state index in [1.165, 1.54) is 5.69 Å². The van der Waals surface area contributed by atoms with Crippen LogP contribution in [0.15, 0.2) is 60.8 Å². The number of rotatable bonds is 4. The molecule has 29 heavy (non-hydrogen) atoms. The first-order valence-electron chi connectivity index (χ1n) is 9.31. The maximum Gasteiger partial charge on any atom is 0.174 e. The second-order valence-electron chi connectivity index (χ2n) is 6.77. The zero-order valence-corrected chi connectivity index (χ0v) is 17.8. The number of hydrogen-bond acceptors (Lipinski definition) is 3. The van der Waals surface area contributed by atoms with Crippen LogP contribution in [0.3, 0.4) is 0 Å². The Labute approximate surface area is 180 Å². The number of benzene rings is 2. The lowest BCUT2D eigenvalue weighted by molar-refractivity contribution is 0.291. The average molecular weight is 428 g/mol. The lowest BCUT2D eigenvalue weighted by Gasteiger charge is -2.39. The van der Waals surface area contributed by atoms with E-state index in [0.717, 1.165) is 24.3 Å². The largest absolute Gasteiger partial charge is 0.493 e. The maximum absolute atomic E-state index is 6.00. The normalized spacial score (nSPS) is 15.6. The fourth-order valence-electron chi connectivity index (χ4n) is 3.70. The molecule has 4 rings (SSSR count). The third kappa shape index (κ3) is 3.91. The minimum Gasteiger partial charge on any atom is -0.493 e. The van der Waals surface area contributed by atoms with Gasteiger partial charge in [-0.15, -0.1) is 0 Å². The zero-order valence-electron chi connectivity index (χ0n) is 16.3. The average Bonchev–Trinajstić information content (AvgIpc) is 3.23. The van der Waals surface area contributed by atoms with Crippen LogP contribution in [0.4, 0.5) is 5.69 Å². The van der Waals surface area contributed by atoms with E-state index in [2.05, 4.69) is 39.2 Å². The van der Waals surface area contributed by atoms with Crippen molar-refractivity contribution < 1.29 is 9.47 Å². The van der Waals surface area contributed by atoms with Crippen molar-refractivity contribution in [2.45, 2.75) is 12.6 Å². The predicted molar refractivity (Wildman–Crippen MR) is 120 cm³/mol. The molecule has 2 heterocycles. The molecule has 1 N–H and O–H groups in total. The van der Waals surface area contributed by atoms with Gasteiger partial charge in [0.2, 0.25) is 0 Å². The smallest absolute Gasteiger partial charge is 0.174 e. The molecule has 0 saturated carbocycles. The highest BCUT2D eigenvalue weighted by Crippen LogP contribution is 2.37. The number of methoxy groups -OCH3 is 2. The summed E-state index contributed by atoms with van der Waals surface area (Å²) in [5.41, 5.74) is 3.18. The predicted octanol–water partition coefficient (Wildman–Crippen LogP) is 4.96. The Morgan fingerprint density at radius 2 is 1.79 bits per heavy atom. The molecule has 1 aliphatic heterocycles. The van der Waals surface area contributed by atoms with Gasteiger partial charge in [-0.05, 0) is 66.3 Å². The van der Waals surface area contributed by atoms with Crippen molar-refractivity contribution in [1.29, 1.82) is 0 Å². The van der Waals surface area contributed by atoms with Crippen molar-refractivity contribution in [3.63, 3.8) is 0 Å². The molecule has 5 nitrogen and oxygen atoms in total. The number of halogens is 1. The van der Waals surface area contributed by atoms with E-state index < -0.39 is 0 Å². The topological polar surface area (TPSA) is 38.7 Å². The van der Waals surface area contributed by atoms with E-state index in [1.54, 1.807) is 14.2 Å². The molecule has 0 fully saturated rings. The quantitative estimate of drug-likeness (QED) is 0.596. The van der Waals surface area contributed by atoms with Crippen LogP contribution in [-0.2, 0) is 6.54 Å². The van der Waals surface area contributed by atoms with Crippen LogP contribution in [0.1, 0.15) is 17.3 Å². The Bertz CT molecular complexity index is 1020. The SMILES string of the molecule is COc1ccc(C2c3cccn3CCN2C(=S)Nc2ccc(Cl)cc2)cc1OC. The van der Waals surface area contributed by atoms with Crippen LogP contribution in [0.25, 0.3) is 0 Å². The molecule has 3 aromatic rings. The Morgan fingerprint density at radius 3 is 2.52 bits per heavy atom. The molecular formula is C22H22ClN3O2S. The van der Waals surface area contributed by atoms with E-state index in [0.29, 0.717) is 21.6 Å². The molecule has 1 atom stereocenters. The first-order valence-corrected chi connectivity index (χ1v) is 10.1. The van der Waals surface area contributed by atoms with Gasteiger partial charge in [0, 0.05) is 35.7 Å². The van der Waals surface area contributed by atoms with Gasteiger partial charge in [-0.3, -0.25) is 0 Å². The molecular weight excluding hydrogens is 406 g/mol. The molecule has 0 radical (unpaired) electrons. The number of anilines is 1. The molecule has 1 aliphatic rings. The molecule has 1 unspecified atom stereocenters. The van der Waals surface area contributed by atoms with E-state index in [-0.39, 0.29) is 6.04 Å². The second kappa shape index (κ2) is 8.35. The van der Waals surface area contributed by atoms with Gasteiger partial charge in [-0.25, -0.2) is 0 Å². The fourth-order valence-corrected chi connectivity index (χ4v) is 4.14. The summed E-state index contributed by atoms with van der Waals surface area (Å²) in [6.07, 6.45) is 2.11. The van der Waals surface area contributed by atoms with Gasteiger partial charge in [0.15, 0.2) is 16.6 Å². The highest BCUT2D eigenvalue weighted by molar-refractivity contribution is 7.80. The lowest BCUT2D eigenvalue weighted by Crippen LogP contribution is -2.44. The highest BCUT2D eigenvalue weighted by atomic mass is 35.5. The van der Waals surface area contributed by atoms with E-state index in [4.69, 9.17) is 33.3 Å². The number of fused-ring (bicyclic) bond motifs is 1. The number of nitrogens with one attached hydrogen (secondary N) is 1. The van der Waals surface area contributed by atoms with Crippen LogP contribution in [-0.4, -0.2) is 35.3 Å². The Hall–Kier alpha value is -2.70. The summed E-state index contributed by atoms with van der Waals surface area (Å²) in [5.74, 6) is 1.40. The Balaban J connectivity index is 1.69. The van der Waals surface area contributed by atoms with Gasteiger partial charge in [-0.2, -0.15) is 0 Å². The fraction of sp³-hybridized carbons (Fsp3) is 0.227. The van der Waals surface area contributed by atoms with Crippen molar-refractivity contribution in [2.24, 2.45) is 0 Å². The summed E-state index contributed by atoms with van der Waals surface area (Å²) in [4.78, 5) is 2.21. The summed E-state index contributed by atoms with van der Waals surface area (Å²) in [7, 11) is 3.29. The third-order valence-corrected chi connectivity index (χ3v) is 5.71. The van der Waals surface area contributed by atoms with Crippen LogP contribution < -0.4 is 14.8 Å². The summed E-state index contributed by atoms with van der Waals surface area (Å²) in [6, 6.07) is 17.7. The molecule has 0 saturated heterocycles.